The predicted octanol–water partition coefficient (Wildman–Crippen LogP) is 10.5. The van der Waals surface area contributed by atoms with Gasteiger partial charge in [0.25, 0.3) is 0 Å². The fourth-order valence-electron chi connectivity index (χ4n) is 7.33. The zero-order chi connectivity index (χ0) is 35.8. The fraction of sp³-hybridized carbons (Fsp3) is 0.930. The van der Waals surface area contributed by atoms with Crippen molar-refractivity contribution in [3.63, 3.8) is 0 Å². The molecule has 0 radical (unpaired) electrons. The number of carbonyl (C=O) groups is 1. The van der Waals surface area contributed by atoms with Crippen LogP contribution in [0.4, 0.5) is 0 Å². The van der Waals surface area contributed by atoms with Gasteiger partial charge in [0.1, 0.15) is 12.2 Å². The topological polar surface area (TPSA) is 110 Å². The van der Waals surface area contributed by atoms with Crippen LogP contribution >= 0.6 is 0 Å². The smallest absolute Gasteiger partial charge is 0.249 e. The molecule has 0 spiro atoms. The highest BCUT2D eigenvalue weighted by Crippen LogP contribution is 2.45. The number of hydrogen-bond donors (Lipinski definition) is 5. The number of carbonyl (C=O) groups excluding carboxylic acids is 1. The lowest BCUT2D eigenvalue weighted by molar-refractivity contribution is -0.132. The molecule has 290 valence electrons. The summed E-state index contributed by atoms with van der Waals surface area (Å²) in [4.78, 5) is 12.5. The van der Waals surface area contributed by atoms with Gasteiger partial charge in [0.2, 0.25) is 5.91 Å². The molecule has 6 heteroatoms. The lowest BCUT2D eigenvalue weighted by Crippen LogP contribution is -2.52. The molecule has 0 aliphatic heterocycles. The van der Waals surface area contributed by atoms with Crippen molar-refractivity contribution in [1.82, 2.24) is 5.32 Å². The predicted molar refractivity (Wildman–Crippen MR) is 208 cm³/mol. The Balaban J connectivity index is 1.95. The normalized spacial score (nSPS) is 18.5. The Morgan fingerprint density at radius 3 is 1.53 bits per heavy atom. The number of hydrogen-bond acceptors (Lipinski definition) is 5. The summed E-state index contributed by atoms with van der Waals surface area (Å²) in [7, 11) is 0. The van der Waals surface area contributed by atoms with E-state index in [-0.39, 0.29) is 6.42 Å². The van der Waals surface area contributed by atoms with Gasteiger partial charge in [-0.2, -0.15) is 0 Å². The van der Waals surface area contributed by atoms with Crippen LogP contribution in [0.3, 0.4) is 0 Å². The first-order chi connectivity index (χ1) is 23.9. The van der Waals surface area contributed by atoms with Crippen molar-refractivity contribution in [2.24, 2.45) is 11.8 Å². The molecule has 2 unspecified atom stereocenters. The van der Waals surface area contributed by atoms with Gasteiger partial charge >= 0.3 is 0 Å². The minimum absolute atomic E-state index is 0.261. The van der Waals surface area contributed by atoms with Crippen LogP contribution in [0.15, 0.2) is 12.2 Å². The molecule has 1 fully saturated rings. The Morgan fingerprint density at radius 1 is 0.612 bits per heavy atom. The number of rotatable bonds is 37. The average Bonchev–Trinajstić information content (AvgIpc) is 3.87. The Kier molecular flexibility index (Phi) is 31.0. The first-order valence-electron chi connectivity index (χ1n) is 21.5. The Labute approximate surface area is 303 Å². The lowest BCUT2D eigenvalue weighted by Gasteiger charge is -2.26. The van der Waals surface area contributed by atoms with E-state index < -0.39 is 36.9 Å². The average molecular weight is 694 g/mol. The van der Waals surface area contributed by atoms with E-state index >= 15 is 0 Å². The van der Waals surface area contributed by atoms with E-state index in [2.05, 4.69) is 25.2 Å². The third-order valence-electron chi connectivity index (χ3n) is 11.0. The summed E-state index contributed by atoms with van der Waals surface area (Å²) in [6, 6.07) is -1.01. The monoisotopic (exact) mass is 694 g/mol. The molecular formula is C43H83NO5. The van der Waals surface area contributed by atoms with Crippen LogP contribution in [-0.2, 0) is 4.79 Å². The van der Waals surface area contributed by atoms with Crippen molar-refractivity contribution in [2.75, 3.05) is 6.61 Å². The summed E-state index contributed by atoms with van der Waals surface area (Å²) in [5.41, 5.74) is 0. The largest absolute Gasteiger partial charge is 0.394 e. The molecule has 1 rings (SSSR count). The number of allylic oxidation sites excluding steroid dienone is 1. The zero-order valence-electron chi connectivity index (χ0n) is 32.4. The summed E-state index contributed by atoms with van der Waals surface area (Å²) >= 11 is 0. The second-order valence-electron chi connectivity index (χ2n) is 15.6. The summed E-state index contributed by atoms with van der Waals surface area (Å²) in [6.45, 7) is 4.04. The van der Waals surface area contributed by atoms with E-state index in [9.17, 15) is 25.2 Å². The highest BCUT2D eigenvalue weighted by atomic mass is 16.3. The van der Waals surface area contributed by atoms with E-state index in [1.165, 1.54) is 154 Å². The first-order valence-corrected chi connectivity index (χ1v) is 21.5. The van der Waals surface area contributed by atoms with Crippen LogP contribution < -0.4 is 5.32 Å². The van der Waals surface area contributed by atoms with Crippen molar-refractivity contribution in [3.8, 4) is 0 Å². The minimum atomic E-state index is -1.30. The molecule has 1 saturated carbocycles. The maximum absolute atomic E-state index is 12.5. The summed E-state index contributed by atoms with van der Waals surface area (Å²) < 4.78 is 0. The maximum atomic E-state index is 12.5. The molecule has 1 amide bonds. The quantitative estimate of drug-likeness (QED) is 0.0329. The standard InChI is InChI=1S/C43H83NO5/c1-3-5-7-8-9-10-11-12-13-14-15-16-17-18-19-20-21-22-23-26-30-34-41(47)43(49)44-39(36-45)42(48)40(46)33-29-27-24-25-28-32-38-35-37(38)31-6-4-2/h27,29,37-42,45-48H,3-26,28,30-36H2,1-2H3,(H,44,49)/b29-27+/t37?,38?,39-,40-,41+,42+/m0/s1. The molecule has 49 heavy (non-hydrogen) atoms. The van der Waals surface area contributed by atoms with Gasteiger partial charge in [-0.1, -0.05) is 193 Å². The van der Waals surface area contributed by atoms with Crippen LogP contribution in [0.2, 0.25) is 0 Å². The molecule has 6 atom stereocenters. The van der Waals surface area contributed by atoms with Crippen molar-refractivity contribution >= 4 is 5.91 Å². The van der Waals surface area contributed by atoms with Crippen molar-refractivity contribution < 1.29 is 25.2 Å². The number of aliphatic hydroxyl groups is 4. The second-order valence-corrected chi connectivity index (χ2v) is 15.6. The van der Waals surface area contributed by atoms with Gasteiger partial charge in [0, 0.05) is 0 Å². The molecule has 1 aliphatic carbocycles. The van der Waals surface area contributed by atoms with E-state index in [1.54, 1.807) is 0 Å². The van der Waals surface area contributed by atoms with Crippen LogP contribution in [0.5, 0.6) is 0 Å². The maximum Gasteiger partial charge on any atom is 0.249 e. The van der Waals surface area contributed by atoms with Gasteiger partial charge < -0.3 is 25.7 Å². The van der Waals surface area contributed by atoms with Crippen molar-refractivity contribution in [1.29, 1.82) is 0 Å². The summed E-state index contributed by atoms with van der Waals surface area (Å²) in [5.74, 6) is 1.32. The number of amides is 1. The zero-order valence-corrected chi connectivity index (χ0v) is 32.4. The van der Waals surface area contributed by atoms with Gasteiger partial charge in [-0.05, 0) is 43.9 Å². The molecule has 0 bridgehead atoms. The highest BCUT2D eigenvalue weighted by Gasteiger charge is 2.35. The Hall–Kier alpha value is -0.950. The second kappa shape index (κ2) is 32.9. The fourth-order valence-corrected chi connectivity index (χ4v) is 7.33. The summed E-state index contributed by atoms with van der Waals surface area (Å²) in [6.07, 6.45) is 38.8. The Bertz CT molecular complexity index is 761. The molecule has 0 aromatic heterocycles. The summed E-state index contributed by atoms with van der Waals surface area (Å²) in [5, 5.41) is 43.5. The molecule has 0 aromatic rings. The van der Waals surface area contributed by atoms with Crippen LogP contribution in [-0.4, -0.2) is 57.3 Å². The van der Waals surface area contributed by atoms with Gasteiger partial charge in [-0.15, -0.1) is 0 Å². The highest BCUT2D eigenvalue weighted by molar-refractivity contribution is 5.80. The molecular weight excluding hydrogens is 610 g/mol. The molecule has 0 aromatic carbocycles. The van der Waals surface area contributed by atoms with E-state index in [0.717, 1.165) is 43.9 Å². The SMILES string of the molecule is CCCCCCCCCCCCCCCCCCCCCCC[C@@H](O)C(=O)N[C@@H](CO)[C@@H](O)[C@@H](O)C/C=C/CCCCC1CC1CCCC. The van der Waals surface area contributed by atoms with Crippen LogP contribution in [0.1, 0.15) is 213 Å². The van der Waals surface area contributed by atoms with Crippen molar-refractivity contribution in [2.45, 2.75) is 237 Å². The van der Waals surface area contributed by atoms with Crippen LogP contribution in [0, 0.1) is 11.8 Å². The van der Waals surface area contributed by atoms with Gasteiger partial charge in [0.05, 0.1) is 18.8 Å². The van der Waals surface area contributed by atoms with E-state index in [1.807, 2.05) is 6.08 Å². The van der Waals surface area contributed by atoms with Crippen molar-refractivity contribution in [3.05, 3.63) is 12.2 Å². The number of aliphatic hydroxyl groups excluding tert-OH is 4. The molecule has 1 aliphatic rings. The molecule has 5 N–H and O–H groups in total. The molecule has 0 saturated heterocycles. The molecule has 6 nitrogen and oxygen atoms in total. The third-order valence-corrected chi connectivity index (χ3v) is 11.0. The number of unbranched alkanes of at least 4 members (excludes halogenated alkanes) is 23. The first kappa shape index (κ1) is 46.1. The van der Waals surface area contributed by atoms with Gasteiger partial charge in [-0.25, -0.2) is 0 Å². The molecule has 0 heterocycles. The van der Waals surface area contributed by atoms with Gasteiger partial charge in [-0.3, -0.25) is 4.79 Å². The Morgan fingerprint density at radius 2 is 1.06 bits per heavy atom. The lowest BCUT2D eigenvalue weighted by atomic mass is 10.0. The van der Waals surface area contributed by atoms with Gasteiger partial charge in [0.15, 0.2) is 0 Å². The minimum Gasteiger partial charge on any atom is -0.394 e. The number of nitrogens with one attached hydrogen (secondary N) is 1. The van der Waals surface area contributed by atoms with Crippen LogP contribution in [0.25, 0.3) is 0 Å². The van der Waals surface area contributed by atoms with E-state index in [4.69, 9.17) is 0 Å². The van der Waals surface area contributed by atoms with E-state index in [0.29, 0.717) is 6.42 Å². The third kappa shape index (κ3) is 26.5.